The van der Waals surface area contributed by atoms with Crippen molar-refractivity contribution in [3.63, 3.8) is 0 Å². The van der Waals surface area contributed by atoms with Gasteiger partial charge in [-0.05, 0) is 63.6 Å². The lowest BCUT2D eigenvalue weighted by Crippen LogP contribution is -2.29. The van der Waals surface area contributed by atoms with Gasteiger partial charge >= 0.3 is 6.09 Å². The predicted molar refractivity (Wildman–Crippen MR) is 98.6 cm³/mol. The minimum Gasteiger partial charge on any atom is -0.444 e. The summed E-state index contributed by atoms with van der Waals surface area (Å²) in [4.78, 5) is 38.2. The number of imide groups is 1. The molecule has 1 aliphatic heterocycles. The zero-order valence-electron chi connectivity index (χ0n) is 15.1. The summed E-state index contributed by atoms with van der Waals surface area (Å²) in [5.74, 6) is -0.698. The molecule has 0 atom stereocenters. The van der Waals surface area contributed by atoms with Crippen LogP contribution in [0.5, 0.6) is 0 Å². The number of fused-ring (bicyclic) bond motifs is 1. The number of carbonyl (C=O) groups is 3. The van der Waals surface area contributed by atoms with Gasteiger partial charge in [0.15, 0.2) is 0 Å². The summed E-state index contributed by atoms with van der Waals surface area (Å²) >= 11 is 0. The highest BCUT2D eigenvalue weighted by Gasteiger charge is 2.36. The molecule has 1 heterocycles. The second-order valence-electron chi connectivity index (χ2n) is 7.12. The Morgan fingerprint density at radius 2 is 1.58 bits per heavy atom. The van der Waals surface area contributed by atoms with E-state index < -0.39 is 11.7 Å². The highest BCUT2D eigenvalue weighted by molar-refractivity contribution is 6.34. The largest absolute Gasteiger partial charge is 0.444 e. The number of nitrogens with one attached hydrogen (secondary N) is 1. The van der Waals surface area contributed by atoms with Crippen molar-refractivity contribution in [1.29, 1.82) is 0 Å². The van der Waals surface area contributed by atoms with Gasteiger partial charge in [-0.15, -0.1) is 0 Å². The standard InChI is InChI=1S/C20H20N2O4/c1-12-11-13(9-10-16(12)21-19(25)26-20(2,3)4)22-17(23)14-7-5-6-8-15(14)18(22)24/h5-11H,1-4H3,(H,21,25). The highest BCUT2D eigenvalue weighted by atomic mass is 16.6. The summed E-state index contributed by atoms with van der Waals surface area (Å²) in [6.07, 6.45) is -0.561. The number of ether oxygens (including phenoxy) is 1. The average Bonchev–Trinajstić information content (AvgIpc) is 2.80. The minimum absolute atomic E-state index is 0.349. The maximum atomic E-state index is 12.6. The molecule has 26 heavy (non-hydrogen) atoms. The number of anilines is 2. The lowest BCUT2D eigenvalue weighted by Gasteiger charge is -2.21. The van der Waals surface area contributed by atoms with E-state index in [1.165, 1.54) is 0 Å². The van der Waals surface area contributed by atoms with Crippen LogP contribution >= 0.6 is 0 Å². The van der Waals surface area contributed by atoms with Gasteiger partial charge in [0.05, 0.1) is 16.8 Å². The molecular weight excluding hydrogens is 332 g/mol. The van der Waals surface area contributed by atoms with Crippen molar-refractivity contribution in [3.05, 3.63) is 59.2 Å². The molecule has 0 fully saturated rings. The second-order valence-corrected chi connectivity index (χ2v) is 7.12. The molecule has 0 aromatic heterocycles. The van der Waals surface area contributed by atoms with Crippen LogP contribution in [0.1, 0.15) is 47.1 Å². The van der Waals surface area contributed by atoms with E-state index in [1.54, 1.807) is 70.2 Å². The molecule has 6 heteroatoms. The van der Waals surface area contributed by atoms with E-state index in [2.05, 4.69) is 5.32 Å². The Morgan fingerprint density at radius 3 is 2.08 bits per heavy atom. The zero-order valence-corrected chi connectivity index (χ0v) is 15.1. The van der Waals surface area contributed by atoms with E-state index in [4.69, 9.17) is 4.74 Å². The maximum absolute atomic E-state index is 12.6. The van der Waals surface area contributed by atoms with Crippen LogP contribution in [0.3, 0.4) is 0 Å². The van der Waals surface area contributed by atoms with Gasteiger partial charge in [0.1, 0.15) is 5.60 Å². The summed E-state index contributed by atoms with van der Waals surface area (Å²) in [5, 5.41) is 2.67. The van der Waals surface area contributed by atoms with E-state index in [-0.39, 0.29) is 11.8 Å². The fourth-order valence-electron chi connectivity index (χ4n) is 2.76. The molecule has 3 rings (SSSR count). The van der Waals surface area contributed by atoms with Gasteiger partial charge in [-0.2, -0.15) is 0 Å². The first-order valence-corrected chi connectivity index (χ1v) is 8.26. The molecule has 0 spiro atoms. The Balaban J connectivity index is 1.84. The van der Waals surface area contributed by atoms with Crippen molar-refractivity contribution in [2.75, 3.05) is 10.2 Å². The fraction of sp³-hybridized carbons (Fsp3) is 0.250. The Hall–Kier alpha value is -3.15. The van der Waals surface area contributed by atoms with Crippen molar-refractivity contribution >= 4 is 29.3 Å². The van der Waals surface area contributed by atoms with Crippen LogP contribution in [0.25, 0.3) is 0 Å². The van der Waals surface area contributed by atoms with Crippen LogP contribution in [0.2, 0.25) is 0 Å². The second kappa shape index (κ2) is 6.29. The van der Waals surface area contributed by atoms with Crippen molar-refractivity contribution in [1.82, 2.24) is 0 Å². The Morgan fingerprint density at radius 1 is 1.00 bits per heavy atom. The van der Waals surface area contributed by atoms with E-state index >= 15 is 0 Å². The van der Waals surface area contributed by atoms with Crippen LogP contribution in [0, 0.1) is 6.92 Å². The minimum atomic E-state index is -0.599. The number of hydrogen-bond acceptors (Lipinski definition) is 4. The lowest BCUT2D eigenvalue weighted by molar-refractivity contribution is 0.0635. The molecular formula is C20H20N2O4. The summed E-state index contributed by atoms with van der Waals surface area (Å²) in [5.41, 5.74) is 1.92. The normalized spacial score (nSPS) is 13.6. The molecule has 0 unspecified atom stereocenters. The summed E-state index contributed by atoms with van der Waals surface area (Å²) < 4.78 is 5.23. The van der Waals surface area contributed by atoms with Crippen LogP contribution < -0.4 is 10.2 Å². The number of hydrogen-bond donors (Lipinski definition) is 1. The number of nitrogens with zero attached hydrogens (tertiary/aromatic N) is 1. The number of benzene rings is 2. The summed E-state index contributed by atoms with van der Waals surface area (Å²) in [6, 6.07) is 11.7. The SMILES string of the molecule is Cc1cc(N2C(=O)c3ccccc3C2=O)ccc1NC(=O)OC(C)(C)C. The van der Waals surface area contributed by atoms with E-state index in [9.17, 15) is 14.4 Å². The first-order chi connectivity index (χ1) is 12.2. The van der Waals surface area contributed by atoms with Crippen molar-refractivity contribution in [2.45, 2.75) is 33.3 Å². The molecule has 6 nitrogen and oxygen atoms in total. The number of aryl methyl sites for hydroxylation is 1. The Kier molecular flexibility index (Phi) is 4.28. The molecule has 2 aromatic carbocycles. The Bertz CT molecular complexity index is 877. The summed E-state index contributed by atoms with van der Waals surface area (Å²) in [6.45, 7) is 7.13. The van der Waals surface area contributed by atoms with Crippen molar-refractivity contribution in [3.8, 4) is 0 Å². The molecule has 0 saturated heterocycles. The molecule has 3 amide bonds. The highest BCUT2D eigenvalue weighted by Crippen LogP contribution is 2.30. The van der Waals surface area contributed by atoms with Gasteiger partial charge < -0.3 is 4.74 Å². The van der Waals surface area contributed by atoms with Gasteiger partial charge in [-0.3, -0.25) is 14.9 Å². The molecule has 1 aliphatic rings. The molecule has 1 N–H and O–H groups in total. The van der Waals surface area contributed by atoms with E-state index in [0.29, 0.717) is 28.1 Å². The van der Waals surface area contributed by atoms with Gasteiger partial charge in [-0.25, -0.2) is 9.69 Å². The smallest absolute Gasteiger partial charge is 0.412 e. The van der Waals surface area contributed by atoms with Crippen LogP contribution in [-0.4, -0.2) is 23.5 Å². The van der Waals surface area contributed by atoms with Gasteiger partial charge in [0.2, 0.25) is 0 Å². The monoisotopic (exact) mass is 352 g/mol. The number of amides is 3. The molecule has 2 aromatic rings. The van der Waals surface area contributed by atoms with Crippen molar-refractivity contribution in [2.24, 2.45) is 0 Å². The van der Waals surface area contributed by atoms with Gasteiger partial charge in [0, 0.05) is 5.69 Å². The van der Waals surface area contributed by atoms with Crippen LogP contribution in [0.15, 0.2) is 42.5 Å². The van der Waals surface area contributed by atoms with Crippen LogP contribution in [-0.2, 0) is 4.74 Å². The topological polar surface area (TPSA) is 75.7 Å². The molecule has 0 saturated carbocycles. The molecule has 0 aliphatic carbocycles. The van der Waals surface area contributed by atoms with E-state index in [1.807, 2.05) is 0 Å². The van der Waals surface area contributed by atoms with Gasteiger partial charge in [0.25, 0.3) is 11.8 Å². The van der Waals surface area contributed by atoms with Crippen LogP contribution in [0.4, 0.5) is 16.2 Å². The van der Waals surface area contributed by atoms with Crippen molar-refractivity contribution < 1.29 is 19.1 Å². The lowest BCUT2D eigenvalue weighted by atomic mass is 10.1. The maximum Gasteiger partial charge on any atom is 0.412 e. The number of rotatable bonds is 2. The quantitative estimate of drug-likeness (QED) is 0.824. The Labute approximate surface area is 151 Å². The molecule has 0 bridgehead atoms. The fourth-order valence-corrected chi connectivity index (χ4v) is 2.76. The molecule has 0 radical (unpaired) electrons. The summed E-state index contributed by atoms with van der Waals surface area (Å²) in [7, 11) is 0. The van der Waals surface area contributed by atoms with E-state index in [0.717, 1.165) is 4.90 Å². The molecule has 134 valence electrons. The first-order valence-electron chi connectivity index (χ1n) is 8.26. The first kappa shape index (κ1) is 17.7. The number of carbonyl (C=O) groups excluding carboxylic acids is 3. The zero-order chi connectivity index (χ0) is 19.1. The predicted octanol–water partition coefficient (Wildman–Crippen LogP) is 4.14. The third-order valence-corrected chi connectivity index (χ3v) is 3.90. The average molecular weight is 352 g/mol. The van der Waals surface area contributed by atoms with Gasteiger partial charge in [-0.1, -0.05) is 12.1 Å². The third-order valence-electron chi connectivity index (χ3n) is 3.90. The third kappa shape index (κ3) is 3.31.